The van der Waals surface area contributed by atoms with Gasteiger partial charge in [-0.25, -0.2) is 4.79 Å². The zero-order chi connectivity index (χ0) is 20.7. The number of nitrogen functional groups attached to an aromatic ring is 1. The minimum Gasteiger partial charge on any atom is -0.383 e. The molecule has 0 unspecified atom stereocenters. The number of aromatic nitrogens is 2. The highest BCUT2D eigenvalue weighted by atomic mass is 32.1. The number of unbranched alkanes of at least 4 members (excludes halogenated alkanes) is 1. The van der Waals surface area contributed by atoms with E-state index in [-0.39, 0.29) is 11.9 Å². The molecule has 1 aromatic rings. The first-order valence-electron chi connectivity index (χ1n) is 10.2. The summed E-state index contributed by atoms with van der Waals surface area (Å²) in [6.45, 7) is 4.19. The second-order valence-electron chi connectivity index (χ2n) is 7.70. The fraction of sp³-hybridized carbons (Fsp3) is 0.737. The number of rotatable bonds is 9. The van der Waals surface area contributed by atoms with Crippen LogP contribution in [0.25, 0.3) is 0 Å². The van der Waals surface area contributed by atoms with Gasteiger partial charge in [-0.15, -0.1) is 0 Å². The molecule has 158 valence electrons. The van der Waals surface area contributed by atoms with Crippen LogP contribution >= 0.6 is 12.2 Å². The second-order valence-corrected chi connectivity index (χ2v) is 8.08. The number of nitrogens with zero attached hydrogens (tertiary/aromatic N) is 3. The fourth-order valence-electron chi connectivity index (χ4n) is 3.64. The summed E-state index contributed by atoms with van der Waals surface area (Å²) in [6.07, 6.45) is 6.77. The number of anilines is 2. The number of thiocarbonyl (C=S) groups is 1. The topological polar surface area (TPSA) is 99.4 Å². The Bertz CT molecular complexity index is 767. The van der Waals surface area contributed by atoms with Gasteiger partial charge >= 0.3 is 5.69 Å². The van der Waals surface area contributed by atoms with Gasteiger partial charge in [-0.1, -0.05) is 26.2 Å². The number of hydrogen-bond donors (Lipinski definition) is 3. The monoisotopic (exact) mass is 410 g/mol. The van der Waals surface area contributed by atoms with Crippen LogP contribution in [-0.2, 0) is 6.54 Å². The summed E-state index contributed by atoms with van der Waals surface area (Å²) in [4.78, 5) is 31.4. The molecule has 0 atom stereocenters. The number of H-pyrrole nitrogens is 1. The van der Waals surface area contributed by atoms with Crippen LogP contribution in [0.15, 0.2) is 9.59 Å². The molecule has 9 heteroatoms. The molecule has 8 nitrogen and oxygen atoms in total. The molecule has 0 radical (unpaired) electrons. The number of hydrogen-bond acceptors (Lipinski definition) is 5. The average Bonchev–Trinajstić information content (AvgIpc) is 3.15. The van der Waals surface area contributed by atoms with Gasteiger partial charge in [0.25, 0.3) is 5.56 Å². The van der Waals surface area contributed by atoms with Crippen molar-refractivity contribution < 1.29 is 0 Å². The van der Waals surface area contributed by atoms with Crippen molar-refractivity contribution in [3.05, 3.63) is 20.8 Å². The molecule has 1 fully saturated rings. The van der Waals surface area contributed by atoms with Crippen LogP contribution < -0.4 is 27.2 Å². The molecular formula is C19H34N6O2S. The van der Waals surface area contributed by atoms with Gasteiger partial charge < -0.3 is 20.9 Å². The van der Waals surface area contributed by atoms with Crippen molar-refractivity contribution in [1.29, 1.82) is 0 Å². The standard InChI is InChI=1S/C19H34N6O2S/c1-4-5-13-24-16(20)15(17(26)22-18(24)27)25(14-9-6-7-10-14)19(28)21-11-8-12-23(2)3/h14H,4-13,20H2,1-3H3,(H,21,28)(H,22,26,27). The molecule has 1 aliphatic carbocycles. The van der Waals surface area contributed by atoms with E-state index in [1.54, 1.807) is 0 Å². The summed E-state index contributed by atoms with van der Waals surface area (Å²) < 4.78 is 1.46. The van der Waals surface area contributed by atoms with Crippen molar-refractivity contribution in [1.82, 2.24) is 19.8 Å². The summed E-state index contributed by atoms with van der Waals surface area (Å²) in [5.41, 5.74) is 5.70. The average molecular weight is 411 g/mol. The Balaban J connectivity index is 2.34. The maximum Gasteiger partial charge on any atom is 0.330 e. The molecule has 2 rings (SSSR count). The molecule has 1 aromatic heterocycles. The van der Waals surface area contributed by atoms with Gasteiger partial charge in [-0.05, 0) is 58.5 Å². The lowest BCUT2D eigenvalue weighted by Crippen LogP contribution is -2.49. The van der Waals surface area contributed by atoms with E-state index in [0.717, 1.165) is 51.5 Å². The zero-order valence-electron chi connectivity index (χ0n) is 17.3. The summed E-state index contributed by atoms with van der Waals surface area (Å²) in [5.74, 6) is 0.201. The maximum atomic E-state index is 12.7. The first-order chi connectivity index (χ1) is 13.4. The maximum absolute atomic E-state index is 12.7. The highest BCUT2D eigenvalue weighted by Crippen LogP contribution is 2.29. The molecule has 0 aromatic carbocycles. The highest BCUT2D eigenvalue weighted by Gasteiger charge is 2.30. The van der Waals surface area contributed by atoms with Crippen molar-refractivity contribution in [3.8, 4) is 0 Å². The van der Waals surface area contributed by atoms with E-state index in [4.69, 9.17) is 18.0 Å². The summed E-state index contributed by atoms with van der Waals surface area (Å²) >= 11 is 5.66. The zero-order valence-corrected chi connectivity index (χ0v) is 18.1. The molecule has 0 saturated heterocycles. The Morgan fingerprint density at radius 1 is 1.29 bits per heavy atom. The smallest absolute Gasteiger partial charge is 0.330 e. The molecule has 0 amide bonds. The Morgan fingerprint density at radius 3 is 2.57 bits per heavy atom. The lowest BCUT2D eigenvalue weighted by atomic mass is 10.2. The van der Waals surface area contributed by atoms with Crippen molar-refractivity contribution in [2.75, 3.05) is 37.8 Å². The lowest BCUT2D eigenvalue weighted by molar-refractivity contribution is 0.400. The van der Waals surface area contributed by atoms with E-state index >= 15 is 0 Å². The lowest BCUT2D eigenvalue weighted by Gasteiger charge is -2.32. The normalized spacial score (nSPS) is 14.6. The molecule has 0 aliphatic heterocycles. The number of aromatic amines is 1. The van der Waals surface area contributed by atoms with Gasteiger partial charge in [-0.2, -0.15) is 0 Å². The molecule has 28 heavy (non-hydrogen) atoms. The van der Waals surface area contributed by atoms with Crippen LogP contribution in [0.2, 0.25) is 0 Å². The van der Waals surface area contributed by atoms with Crippen LogP contribution in [-0.4, -0.2) is 52.8 Å². The van der Waals surface area contributed by atoms with E-state index in [1.165, 1.54) is 4.57 Å². The summed E-state index contributed by atoms with van der Waals surface area (Å²) in [6, 6.07) is 0.120. The van der Waals surface area contributed by atoms with Crippen LogP contribution in [0.4, 0.5) is 11.5 Å². The van der Waals surface area contributed by atoms with Gasteiger partial charge in [0.1, 0.15) is 5.82 Å². The van der Waals surface area contributed by atoms with E-state index in [0.29, 0.717) is 23.9 Å². The van der Waals surface area contributed by atoms with Crippen molar-refractivity contribution >= 4 is 28.8 Å². The van der Waals surface area contributed by atoms with E-state index < -0.39 is 11.2 Å². The first-order valence-corrected chi connectivity index (χ1v) is 10.6. The summed E-state index contributed by atoms with van der Waals surface area (Å²) in [7, 11) is 4.06. The van der Waals surface area contributed by atoms with Gasteiger partial charge in [0.05, 0.1) is 0 Å². The largest absolute Gasteiger partial charge is 0.383 e. The number of nitrogens with one attached hydrogen (secondary N) is 2. The fourth-order valence-corrected chi connectivity index (χ4v) is 3.98. The Hall–Kier alpha value is -1.87. The molecule has 4 N–H and O–H groups in total. The van der Waals surface area contributed by atoms with E-state index in [9.17, 15) is 9.59 Å². The molecule has 1 saturated carbocycles. The highest BCUT2D eigenvalue weighted by molar-refractivity contribution is 7.80. The SMILES string of the molecule is CCCCn1c(N)c(N(C(=S)NCCCN(C)C)C2CCCC2)c(=O)[nH]c1=O. The van der Waals surface area contributed by atoms with Crippen LogP contribution in [0.3, 0.4) is 0 Å². The molecule has 1 heterocycles. The van der Waals surface area contributed by atoms with Crippen LogP contribution in [0, 0.1) is 0 Å². The predicted molar refractivity (Wildman–Crippen MR) is 119 cm³/mol. The first kappa shape index (κ1) is 22.4. The Morgan fingerprint density at radius 2 is 1.96 bits per heavy atom. The third kappa shape index (κ3) is 5.57. The summed E-state index contributed by atoms with van der Waals surface area (Å²) in [5, 5.41) is 3.78. The Labute approximate surface area is 172 Å². The van der Waals surface area contributed by atoms with Gasteiger partial charge in [0.15, 0.2) is 10.8 Å². The molecule has 1 aliphatic rings. The second kappa shape index (κ2) is 10.6. The minimum absolute atomic E-state index is 0.120. The van der Waals surface area contributed by atoms with Gasteiger partial charge in [0.2, 0.25) is 0 Å². The van der Waals surface area contributed by atoms with Crippen molar-refractivity contribution in [2.24, 2.45) is 0 Å². The molecular weight excluding hydrogens is 376 g/mol. The van der Waals surface area contributed by atoms with Crippen molar-refractivity contribution in [3.63, 3.8) is 0 Å². The Kier molecular flexibility index (Phi) is 8.50. The molecule has 0 spiro atoms. The third-order valence-corrected chi connectivity index (χ3v) is 5.50. The van der Waals surface area contributed by atoms with Gasteiger partial charge in [0, 0.05) is 19.1 Å². The third-order valence-electron chi connectivity index (χ3n) is 5.16. The number of nitrogens with two attached hydrogens (primary N) is 1. The van der Waals surface area contributed by atoms with E-state index in [1.807, 2.05) is 25.9 Å². The predicted octanol–water partition coefficient (Wildman–Crippen LogP) is 1.49. The van der Waals surface area contributed by atoms with Crippen LogP contribution in [0.5, 0.6) is 0 Å². The minimum atomic E-state index is -0.473. The van der Waals surface area contributed by atoms with E-state index in [2.05, 4.69) is 15.2 Å². The van der Waals surface area contributed by atoms with Gasteiger partial charge in [-0.3, -0.25) is 14.3 Å². The van der Waals surface area contributed by atoms with Crippen LogP contribution in [0.1, 0.15) is 51.9 Å². The van der Waals surface area contributed by atoms with Crippen molar-refractivity contribution in [2.45, 2.75) is 64.5 Å². The quantitative estimate of drug-likeness (QED) is 0.419. The molecule has 0 bridgehead atoms.